The lowest BCUT2D eigenvalue weighted by Gasteiger charge is -2.32. The predicted octanol–water partition coefficient (Wildman–Crippen LogP) is 3.63. The molecule has 0 radical (unpaired) electrons. The Hall–Kier alpha value is -2.49. The molecule has 0 aromatic heterocycles. The number of sulfonamides is 1. The highest BCUT2D eigenvalue weighted by atomic mass is 35.5. The predicted molar refractivity (Wildman–Crippen MR) is 135 cm³/mol. The number of halogens is 2. The lowest BCUT2D eigenvalue weighted by molar-refractivity contribution is -0.139. The molecule has 2 amide bonds. The average molecular weight is 530 g/mol. The number of anilines is 1. The van der Waals surface area contributed by atoms with Crippen molar-refractivity contribution in [3.8, 4) is 5.75 Å². The number of nitrogens with zero attached hydrogens (tertiary/aromatic N) is 2. The number of carbonyl (C=O) groups is 2. The molecular weight excluding hydrogens is 501 g/mol. The van der Waals surface area contributed by atoms with E-state index in [1.807, 2.05) is 0 Å². The van der Waals surface area contributed by atoms with Gasteiger partial charge in [0, 0.05) is 28.7 Å². The van der Waals surface area contributed by atoms with Crippen LogP contribution in [0.5, 0.6) is 5.75 Å². The zero-order chi connectivity index (χ0) is 25.6. The lowest BCUT2D eigenvalue weighted by Crippen LogP contribution is -2.51. The van der Waals surface area contributed by atoms with E-state index in [4.69, 9.17) is 27.9 Å². The highest BCUT2D eigenvalue weighted by molar-refractivity contribution is 7.92. The summed E-state index contributed by atoms with van der Waals surface area (Å²) < 4.78 is 31.7. The third-order valence-electron chi connectivity index (χ3n) is 5.19. The van der Waals surface area contributed by atoms with Crippen LogP contribution in [0.15, 0.2) is 36.4 Å². The van der Waals surface area contributed by atoms with Crippen molar-refractivity contribution in [1.82, 2.24) is 10.2 Å². The van der Waals surface area contributed by atoms with E-state index in [0.717, 1.165) is 16.1 Å². The Labute approximate surface area is 210 Å². The number of nitrogens with one attached hydrogen (secondary N) is 1. The molecule has 2 rings (SSSR count). The SMILES string of the molecule is CCNC(=O)[C@H](C)N(Cc1c(Cl)cccc1Cl)C(=O)CN(c1cc(C)ccc1OC)S(C)(=O)=O. The molecule has 0 aliphatic rings. The van der Waals surface area contributed by atoms with Crippen LogP contribution in [0.2, 0.25) is 10.0 Å². The van der Waals surface area contributed by atoms with E-state index in [1.54, 1.807) is 57.2 Å². The van der Waals surface area contributed by atoms with Crippen LogP contribution in [-0.4, -0.2) is 57.6 Å². The minimum atomic E-state index is -3.89. The van der Waals surface area contributed by atoms with Crippen molar-refractivity contribution in [1.29, 1.82) is 0 Å². The van der Waals surface area contributed by atoms with Gasteiger partial charge in [0.05, 0.1) is 19.1 Å². The molecule has 0 aliphatic carbocycles. The van der Waals surface area contributed by atoms with Crippen molar-refractivity contribution in [3.63, 3.8) is 0 Å². The number of methoxy groups -OCH3 is 1. The molecule has 1 N–H and O–H groups in total. The molecule has 0 bridgehead atoms. The van der Waals surface area contributed by atoms with E-state index in [1.165, 1.54) is 12.0 Å². The van der Waals surface area contributed by atoms with E-state index in [9.17, 15) is 18.0 Å². The van der Waals surface area contributed by atoms with E-state index >= 15 is 0 Å². The fourth-order valence-electron chi connectivity index (χ4n) is 3.35. The highest BCUT2D eigenvalue weighted by Crippen LogP contribution is 2.32. The van der Waals surface area contributed by atoms with Crippen LogP contribution in [-0.2, 0) is 26.2 Å². The van der Waals surface area contributed by atoms with Gasteiger partial charge in [0.15, 0.2) is 0 Å². The Balaban J connectivity index is 2.52. The van der Waals surface area contributed by atoms with Crippen LogP contribution < -0.4 is 14.4 Å². The number of carbonyl (C=O) groups excluding carboxylic acids is 2. The standard InChI is InChI=1S/C23H29Cl2N3O5S/c1-6-26-23(30)16(3)27(13-17-18(24)8-7-9-19(17)25)22(29)14-28(34(5,31)32)20-12-15(2)10-11-21(20)33-4/h7-12,16H,6,13-14H2,1-5H3,(H,26,30)/t16-/m0/s1. The normalized spacial score (nSPS) is 12.1. The minimum absolute atomic E-state index is 0.0851. The van der Waals surface area contributed by atoms with E-state index in [0.29, 0.717) is 27.9 Å². The molecule has 11 heteroatoms. The zero-order valence-corrected chi connectivity index (χ0v) is 22.1. The highest BCUT2D eigenvalue weighted by Gasteiger charge is 2.31. The minimum Gasteiger partial charge on any atom is -0.495 e. The average Bonchev–Trinajstić information content (AvgIpc) is 2.76. The van der Waals surface area contributed by atoms with Gasteiger partial charge in [0.1, 0.15) is 18.3 Å². The molecule has 0 fully saturated rings. The maximum Gasteiger partial charge on any atom is 0.244 e. The van der Waals surface area contributed by atoms with Crippen molar-refractivity contribution in [3.05, 3.63) is 57.6 Å². The first kappa shape index (κ1) is 27.8. The number of ether oxygens (including phenoxy) is 1. The topological polar surface area (TPSA) is 96.0 Å². The summed E-state index contributed by atoms with van der Waals surface area (Å²) in [5.41, 5.74) is 1.46. The second-order valence-electron chi connectivity index (χ2n) is 7.74. The zero-order valence-electron chi connectivity index (χ0n) is 19.8. The molecule has 0 aliphatic heterocycles. The van der Waals surface area contributed by atoms with Crippen LogP contribution >= 0.6 is 23.2 Å². The summed E-state index contributed by atoms with van der Waals surface area (Å²) >= 11 is 12.6. The van der Waals surface area contributed by atoms with Gasteiger partial charge in [-0.2, -0.15) is 0 Å². The van der Waals surface area contributed by atoms with Crippen LogP contribution in [0, 0.1) is 6.92 Å². The van der Waals surface area contributed by atoms with Crippen molar-refractivity contribution in [2.24, 2.45) is 0 Å². The van der Waals surface area contributed by atoms with Gasteiger partial charge in [0.2, 0.25) is 21.8 Å². The van der Waals surface area contributed by atoms with Crippen LogP contribution in [0.3, 0.4) is 0 Å². The molecule has 2 aromatic carbocycles. The monoisotopic (exact) mass is 529 g/mol. The molecular formula is C23H29Cl2N3O5S. The Bertz CT molecular complexity index is 1140. The molecule has 0 saturated carbocycles. The van der Waals surface area contributed by atoms with E-state index < -0.39 is 34.4 Å². The molecule has 1 atom stereocenters. The third-order valence-corrected chi connectivity index (χ3v) is 7.03. The molecule has 0 saturated heterocycles. The van der Waals surface area contributed by atoms with Gasteiger partial charge in [-0.05, 0) is 50.6 Å². The number of amides is 2. The summed E-state index contributed by atoms with van der Waals surface area (Å²) in [4.78, 5) is 27.4. The van der Waals surface area contributed by atoms with E-state index in [2.05, 4.69) is 5.32 Å². The molecule has 0 heterocycles. The number of likely N-dealkylation sites (N-methyl/N-ethyl adjacent to an activating group) is 1. The second-order valence-corrected chi connectivity index (χ2v) is 10.5. The first-order chi connectivity index (χ1) is 15.9. The number of aryl methyl sites for hydroxylation is 1. The summed E-state index contributed by atoms with van der Waals surface area (Å²) in [5, 5.41) is 3.34. The Morgan fingerprint density at radius 1 is 1.15 bits per heavy atom. The summed E-state index contributed by atoms with van der Waals surface area (Å²) in [6.07, 6.45) is 1.00. The molecule has 0 spiro atoms. The summed E-state index contributed by atoms with van der Waals surface area (Å²) in [6, 6.07) is 9.03. The Kier molecular flexibility index (Phi) is 9.61. The van der Waals surface area contributed by atoms with E-state index in [-0.39, 0.29) is 12.2 Å². The number of rotatable bonds is 10. The fraction of sp³-hybridized carbons (Fsp3) is 0.391. The second kappa shape index (κ2) is 11.8. The van der Waals surface area contributed by atoms with Crippen molar-refractivity contribution >= 4 is 50.7 Å². The first-order valence-corrected chi connectivity index (χ1v) is 13.1. The maximum absolute atomic E-state index is 13.5. The number of hydrogen-bond acceptors (Lipinski definition) is 5. The van der Waals surface area contributed by atoms with Gasteiger partial charge in [0.25, 0.3) is 0 Å². The molecule has 2 aromatic rings. The molecule has 186 valence electrons. The summed E-state index contributed by atoms with van der Waals surface area (Å²) in [7, 11) is -2.47. The molecule has 34 heavy (non-hydrogen) atoms. The first-order valence-electron chi connectivity index (χ1n) is 10.5. The fourth-order valence-corrected chi connectivity index (χ4v) is 4.71. The Morgan fingerprint density at radius 3 is 2.29 bits per heavy atom. The van der Waals surface area contributed by atoms with Gasteiger partial charge in [-0.1, -0.05) is 35.3 Å². The van der Waals surface area contributed by atoms with Crippen molar-refractivity contribution in [2.45, 2.75) is 33.4 Å². The van der Waals surface area contributed by atoms with Gasteiger partial charge in [-0.15, -0.1) is 0 Å². The van der Waals surface area contributed by atoms with Crippen LogP contribution in [0.1, 0.15) is 25.0 Å². The molecule has 8 nitrogen and oxygen atoms in total. The third kappa shape index (κ3) is 6.77. The van der Waals surface area contributed by atoms with Gasteiger partial charge >= 0.3 is 0 Å². The largest absolute Gasteiger partial charge is 0.495 e. The smallest absolute Gasteiger partial charge is 0.244 e. The van der Waals surface area contributed by atoms with Crippen molar-refractivity contribution in [2.75, 3.05) is 30.8 Å². The summed E-state index contributed by atoms with van der Waals surface area (Å²) in [6.45, 7) is 4.85. The number of benzene rings is 2. The number of hydrogen-bond donors (Lipinski definition) is 1. The van der Waals surface area contributed by atoms with Crippen LogP contribution in [0.25, 0.3) is 0 Å². The quantitative estimate of drug-likeness (QED) is 0.506. The Morgan fingerprint density at radius 2 is 1.76 bits per heavy atom. The van der Waals surface area contributed by atoms with Gasteiger partial charge < -0.3 is 15.0 Å². The molecule has 0 unspecified atom stereocenters. The van der Waals surface area contributed by atoms with Crippen LogP contribution in [0.4, 0.5) is 5.69 Å². The van der Waals surface area contributed by atoms with Crippen molar-refractivity contribution < 1.29 is 22.7 Å². The van der Waals surface area contributed by atoms with Gasteiger partial charge in [-0.3, -0.25) is 13.9 Å². The lowest BCUT2D eigenvalue weighted by atomic mass is 10.1. The van der Waals surface area contributed by atoms with Gasteiger partial charge in [-0.25, -0.2) is 8.42 Å². The maximum atomic E-state index is 13.5. The summed E-state index contributed by atoms with van der Waals surface area (Å²) in [5.74, 6) is -0.705.